The van der Waals surface area contributed by atoms with E-state index in [0.29, 0.717) is 28.8 Å². The highest BCUT2D eigenvalue weighted by molar-refractivity contribution is 6.31. The molecule has 0 bridgehead atoms. The van der Waals surface area contributed by atoms with Gasteiger partial charge in [-0.2, -0.15) is 0 Å². The van der Waals surface area contributed by atoms with Crippen LogP contribution in [0.25, 0.3) is 0 Å². The van der Waals surface area contributed by atoms with Crippen LogP contribution in [0.5, 0.6) is 5.75 Å². The molecule has 7 heteroatoms. The van der Waals surface area contributed by atoms with Crippen LogP contribution in [0.15, 0.2) is 24.3 Å². The fourth-order valence-corrected chi connectivity index (χ4v) is 3.83. The summed E-state index contributed by atoms with van der Waals surface area (Å²) in [7, 11) is 1.57. The minimum absolute atomic E-state index is 0.0275. The van der Waals surface area contributed by atoms with Gasteiger partial charge in [0.15, 0.2) is 0 Å². The van der Waals surface area contributed by atoms with Crippen molar-refractivity contribution in [3.63, 3.8) is 0 Å². The average molecular weight is 403 g/mol. The van der Waals surface area contributed by atoms with Crippen molar-refractivity contribution >= 4 is 29.1 Å². The predicted octanol–water partition coefficient (Wildman–Crippen LogP) is 4.39. The van der Waals surface area contributed by atoms with Crippen LogP contribution < -0.4 is 15.0 Å². The summed E-state index contributed by atoms with van der Waals surface area (Å²) in [5.41, 5.74) is 2.58. The molecule has 2 aromatic rings. The first-order chi connectivity index (χ1) is 13.4. The summed E-state index contributed by atoms with van der Waals surface area (Å²) in [5.74, 6) is 1.83. The number of halogens is 1. The molecule has 0 saturated carbocycles. The van der Waals surface area contributed by atoms with Crippen molar-refractivity contribution < 1.29 is 9.53 Å². The second-order valence-electron chi connectivity index (χ2n) is 7.34. The van der Waals surface area contributed by atoms with Gasteiger partial charge in [0, 0.05) is 35.9 Å². The van der Waals surface area contributed by atoms with Crippen LogP contribution in [-0.4, -0.2) is 36.1 Å². The Morgan fingerprint density at radius 2 is 2.04 bits per heavy atom. The number of carbonyl (C=O) groups excluding carboxylic acids is 1. The Kier molecular flexibility index (Phi) is 6.73. The fraction of sp³-hybridized carbons (Fsp3) is 0.476. The van der Waals surface area contributed by atoms with E-state index in [1.807, 2.05) is 19.9 Å². The molecular weight excluding hydrogens is 376 g/mol. The summed E-state index contributed by atoms with van der Waals surface area (Å²) in [4.78, 5) is 23.8. The summed E-state index contributed by atoms with van der Waals surface area (Å²) >= 11 is 6.03. The number of aromatic nitrogens is 2. The van der Waals surface area contributed by atoms with Crippen LogP contribution in [0.4, 0.5) is 11.6 Å². The van der Waals surface area contributed by atoms with Crippen LogP contribution >= 0.6 is 11.6 Å². The lowest BCUT2D eigenvalue weighted by atomic mass is 9.93. The number of piperidine rings is 1. The van der Waals surface area contributed by atoms with Crippen molar-refractivity contribution in [2.45, 2.75) is 39.5 Å². The number of nitrogens with one attached hydrogen (secondary N) is 1. The highest BCUT2D eigenvalue weighted by Crippen LogP contribution is 2.29. The van der Waals surface area contributed by atoms with E-state index in [-0.39, 0.29) is 5.91 Å². The zero-order valence-corrected chi connectivity index (χ0v) is 17.4. The van der Waals surface area contributed by atoms with E-state index in [0.717, 1.165) is 49.7 Å². The Morgan fingerprint density at radius 3 is 2.75 bits per heavy atom. The van der Waals surface area contributed by atoms with E-state index in [2.05, 4.69) is 20.2 Å². The van der Waals surface area contributed by atoms with E-state index in [4.69, 9.17) is 16.3 Å². The van der Waals surface area contributed by atoms with Crippen molar-refractivity contribution in [2.24, 2.45) is 5.92 Å². The first-order valence-corrected chi connectivity index (χ1v) is 10.0. The molecule has 0 radical (unpaired) electrons. The van der Waals surface area contributed by atoms with Crippen LogP contribution in [-0.2, 0) is 4.79 Å². The minimum atomic E-state index is -0.0275. The third kappa shape index (κ3) is 5.35. The Balaban J connectivity index is 1.55. The summed E-state index contributed by atoms with van der Waals surface area (Å²) < 4.78 is 5.28. The highest BCUT2D eigenvalue weighted by atomic mass is 35.5. The topological polar surface area (TPSA) is 67.3 Å². The monoisotopic (exact) mass is 402 g/mol. The van der Waals surface area contributed by atoms with Gasteiger partial charge in [-0.05, 0) is 63.3 Å². The predicted molar refractivity (Wildman–Crippen MR) is 112 cm³/mol. The van der Waals surface area contributed by atoms with E-state index < -0.39 is 0 Å². The Hall–Kier alpha value is -2.34. The number of ether oxygens (including phenoxy) is 1. The van der Waals surface area contributed by atoms with Gasteiger partial charge in [0.05, 0.1) is 12.8 Å². The van der Waals surface area contributed by atoms with E-state index in [1.54, 1.807) is 25.3 Å². The molecule has 0 unspecified atom stereocenters. The molecule has 1 fully saturated rings. The molecule has 1 saturated heterocycles. The van der Waals surface area contributed by atoms with Gasteiger partial charge in [-0.15, -0.1) is 0 Å². The lowest BCUT2D eigenvalue weighted by molar-refractivity contribution is -0.116. The van der Waals surface area contributed by atoms with Gasteiger partial charge >= 0.3 is 0 Å². The third-order valence-electron chi connectivity index (χ3n) is 4.99. The SMILES string of the molecule is COc1ccc(Cl)cc1NC(=O)CC[C@@H]1CCCN(c2nc(C)cc(C)n2)C1. The standard InChI is InChI=1S/C21H27ClN4O2/c1-14-11-15(2)24-21(23-14)26-10-4-5-16(13-26)6-9-20(27)25-18-12-17(22)7-8-19(18)28-3/h7-8,11-12,16H,4-6,9-10,13H2,1-3H3,(H,25,27)/t16-/m0/s1. The smallest absolute Gasteiger partial charge is 0.225 e. The number of methoxy groups -OCH3 is 1. The molecule has 1 aromatic carbocycles. The van der Waals surface area contributed by atoms with Crippen LogP contribution in [0.1, 0.15) is 37.1 Å². The summed E-state index contributed by atoms with van der Waals surface area (Å²) in [5, 5.41) is 3.48. The second kappa shape index (κ2) is 9.24. The number of amides is 1. The number of benzene rings is 1. The van der Waals surface area contributed by atoms with Gasteiger partial charge in [0.1, 0.15) is 5.75 Å². The van der Waals surface area contributed by atoms with Crippen molar-refractivity contribution in [1.82, 2.24) is 9.97 Å². The number of rotatable bonds is 6. The van der Waals surface area contributed by atoms with Crippen molar-refractivity contribution in [3.8, 4) is 5.75 Å². The maximum atomic E-state index is 12.4. The van der Waals surface area contributed by atoms with Gasteiger partial charge in [-0.1, -0.05) is 11.6 Å². The average Bonchev–Trinajstić information content (AvgIpc) is 2.66. The van der Waals surface area contributed by atoms with E-state index in [9.17, 15) is 4.79 Å². The third-order valence-corrected chi connectivity index (χ3v) is 5.22. The Bertz CT molecular complexity index is 823. The molecular formula is C21H27ClN4O2. The molecule has 2 heterocycles. The molecule has 6 nitrogen and oxygen atoms in total. The first kappa shape index (κ1) is 20.4. The quantitative estimate of drug-likeness (QED) is 0.776. The molecule has 1 aliphatic heterocycles. The first-order valence-electron chi connectivity index (χ1n) is 9.65. The molecule has 1 aliphatic rings. The molecule has 150 valence electrons. The normalized spacial score (nSPS) is 16.7. The summed E-state index contributed by atoms with van der Waals surface area (Å²) in [6.45, 7) is 5.84. The Morgan fingerprint density at radius 1 is 1.29 bits per heavy atom. The van der Waals surface area contributed by atoms with Crippen molar-refractivity contribution in [2.75, 3.05) is 30.4 Å². The molecule has 1 atom stereocenters. The van der Waals surface area contributed by atoms with E-state index in [1.165, 1.54) is 0 Å². The van der Waals surface area contributed by atoms with Gasteiger partial charge in [-0.25, -0.2) is 9.97 Å². The lowest BCUT2D eigenvalue weighted by Crippen LogP contribution is -2.37. The van der Waals surface area contributed by atoms with Crippen LogP contribution in [0.3, 0.4) is 0 Å². The second-order valence-corrected chi connectivity index (χ2v) is 7.77. The van der Waals surface area contributed by atoms with Crippen molar-refractivity contribution in [1.29, 1.82) is 0 Å². The summed E-state index contributed by atoms with van der Waals surface area (Å²) in [6, 6.07) is 7.18. The molecule has 28 heavy (non-hydrogen) atoms. The van der Waals surface area contributed by atoms with Gasteiger partial charge in [-0.3, -0.25) is 4.79 Å². The van der Waals surface area contributed by atoms with Gasteiger partial charge in [0.25, 0.3) is 0 Å². The zero-order chi connectivity index (χ0) is 20.1. The van der Waals surface area contributed by atoms with E-state index >= 15 is 0 Å². The number of carbonyl (C=O) groups is 1. The maximum Gasteiger partial charge on any atom is 0.225 e. The molecule has 0 spiro atoms. The Labute approximate surface area is 171 Å². The zero-order valence-electron chi connectivity index (χ0n) is 16.7. The van der Waals surface area contributed by atoms with Crippen molar-refractivity contribution in [3.05, 3.63) is 40.7 Å². The molecule has 0 aliphatic carbocycles. The number of anilines is 2. The molecule has 3 rings (SSSR count). The number of aryl methyl sites for hydroxylation is 2. The van der Waals surface area contributed by atoms with Gasteiger partial charge < -0.3 is 15.0 Å². The molecule has 1 N–H and O–H groups in total. The number of hydrogen-bond donors (Lipinski definition) is 1. The van der Waals surface area contributed by atoms with Crippen LogP contribution in [0, 0.1) is 19.8 Å². The van der Waals surface area contributed by atoms with Crippen LogP contribution in [0.2, 0.25) is 5.02 Å². The molecule has 1 aromatic heterocycles. The number of nitrogens with zero attached hydrogens (tertiary/aromatic N) is 3. The number of hydrogen-bond acceptors (Lipinski definition) is 5. The highest BCUT2D eigenvalue weighted by Gasteiger charge is 2.23. The van der Waals surface area contributed by atoms with Gasteiger partial charge in [0.2, 0.25) is 11.9 Å². The maximum absolute atomic E-state index is 12.4. The largest absolute Gasteiger partial charge is 0.495 e. The summed E-state index contributed by atoms with van der Waals surface area (Å²) in [6.07, 6.45) is 3.50. The molecule has 1 amide bonds. The fourth-order valence-electron chi connectivity index (χ4n) is 3.66. The lowest BCUT2D eigenvalue weighted by Gasteiger charge is -2.33. The minimum Gasteiger partial charge on any atom is -0.495 e.